The second kappa shape index (κ2) is 13.0. The summed E-state index contributed by atoms with van der Waals surface area (Å²) in [5.74, 6) is -0.161. The molecule has 3 aromatic carbocycles. The molecule has 2 amide bonds. The smallest absolute Gasteiger partial charge is 0.264 e. The third kappa shape index (κ3) is 7.41. The van der Waals surface area contributed by atoms with Crippen molar-refractivity contribution < 1.29 is 22.7 Å². The molecule has 0 aliphatic carbocycles. The second-order valence-corrected chi connectivity index (χ2v) is 12.2. The van der Waals surface area contributed by atoms with E-state index in [4.69, 9.17) is 4.74 Å². The summed E-state index contributed by atoms with van der Waals surface area (Å²) in [4.78, 5) is 28.5. The van der Waals surface area contributed by atoms with Crippen LogP contribution in [-0.2, 0) is 26.2 Å². The Bertz CT molecular complexity index is 1430. The molecule has 0 radical (unpaired) electrons. The number of nitrogens with one attached hydrogen (secondary N) is 1. The van der Waals surface area contributed by atoms with E-state index in [9.17, 15) is 18.0 Å². The summed E-state index contributed by atoms with van der Waals surface area (Å²) in [5, 5.41) is 2.86. The molecule has 9 heteroatoms. The highest BCUT2D eigenvalue weighted by Crippen LogP contribution is 2.28. The largest absolute Gasteiger partial charge is 0.497 e. The number of ether oxygens (including phenoxy) is 1. The molecule has 0 aliphatic rings. The molecule has 0 saturated carbocycles. The molecule has 40 heavy (non-hydrogen) atoms. The Morgan fingerprint density at radius 1 is 0.875 bits per heavy atom. The predicted molar refractivity (Wildman–Crippen MR) is 158 cm³/mol. The molecule has 3 rings (SSSR count). The first kappa shape index (κ1) is 30.7. The van der Waals surface area contributed by atoms with Crippen LogP contribution in [0.3, 0.4) is 0 Å². The van der Waals surface area contributed by atoms with Crippen LogP contribution in [-0.4, -0.2) is 50.9 Å². The van der Waals surface area contributed by atoms with Crippen molar-refractivity contribution in [1.29, 1.82) is 0 Å². The van der Waals surface area contributed by atoms with Crippen LogP contribution in [0.5, 0.6) is 5.75 Å². The minimum atomic E-state index is -4.11. The number of carbonyl (C=O) groups is 2. The van der Waals surface area contributed by atoms with E-state index in [1.165, 1.54) is 4.90 Å². The highest BCUT2D eigenvalue weighted by Gasteiger charge is 2.33. The van der Waals surface area contributed by atoms with Crippen molar-refractivity contribution in [2.24, 2.45) is 0 Å². The number of hydrogen-bond acceptors (Lipinski definition) is 5. The standard InChI is InChI=1S/C31H39N3O5S/c1-21(2)32-31(36)25(6)33(19-26-11-13-27(39-7)14-12-26)30(35)20-34(29-17-10-23(4)18-24(29)5)40(37,38)28-15-8-22(3)9-16-28/h8-18,21,25H,19-20H2,1-7H3,(H,32,36)/t25-/m0/s1. The lowest BCUT2D eigenvalue weighted by Crippen LogP contribution is -2.52. The second-order valence-electron chi connectivity index (χ2n) is 10.3. The van der Waals surface area contributed by atoms with Crippen molar-refractivity contribution in [3.05, 3.63) is 89.0 Å². The maximum atomic E-state index is 14.0. The number of rotatable bonds is 11. The van der Waals surface area contributed by atoms with Crippen LogP contribution in [0.4, 0.5) is 5.69 Å². The number of methoxy groups -OCH3 is 1. The van der Waals surface area contributed by atoms with Gasteiger partial charge < -0.3 is 15.0 Å². The SMILES string of the molecule is COc1ccc(CN(C(=O)CN(c2ccc(C)cc2C)S(=O)(=O)c2ccc(C)cc2)[C@@H](C)C(=O)NC(C)C)cc1. The monoisotopic (exact) mass is 565 g/mol. The summed E-state index contributed by atoms with van der Waals surface area (Å²) < 4.78 is 34.3. The number of aryl methyl sites for hydroxylation is 3. The van der Waals surface area contributed by atoms with Gasteiger partial charge >= 0.3 is 0 Å². The first-order chi connectivity index (χ1) is 18.8. The highest BCUT2D eigenvalue weighted by atomic mass is 32.2. The van der Waals surface area contributed by atoms with Crippen molar-refractivity contribution >= 4 is 27.5 Å². The van der Waals surface area contributed by atoms with Gasteiger partial charge in [-0.25, -0.2) is 8.42 Å². The molecule has 0 aromatic heterocycles. The van der Waals surface area contributed by atoms with Gasteiger partial charge in [-0.05, 0) is 83.0 Å². The van der Waals surface area contributed by atoms with E-state index in [1.807, 2.05) is 58.9 Å². The maximum absolute atomic E-state index is 14.0. The van der Waals surface area contributed by atoms with Crippen LogP contribution >= 0.6 is 0 Å². The number of sulfonamides is 1. The predicted octanol–water partition coefficient (Wildman–Crippen LogP) is 4.76. The van der Waals surface area contributed by atoms with Gasteiger partial charge in [-0.2, -0.15) is 0 Å². The van der Waals surface area contributed by atoms with E-state index in [1.54, 1.807) is 56.5 Å². The number of hydrogen-bond donors (Lipinski definition) is 1. The Balaban J connectivity index is 2.06. The minimum Gasteiger partial charge on any atom is -0.497 e. The summed E-state index contributed by atoms with van der Waals surface area (Å²) in [6.45, 7) is 10.6. The van der Waals surface area contributed by atoms with E-state index >= 15 is 0 Å². The van der Waals surface area contributed by atoms with Gasteiger partial charge in [0.2, 0.25) is 11.8 Å². The molecular formula is C31H39N3O5S. The molecule has 8 nitrogen and oxygen atoms in total. The van der Waals surface area contributed by atoms with Gasteiger partial charge in [0.1, 0.15) is 18.3 Å². The Kier molecular flexibility index (Phi) is 9.98. The lowest BCUT2D eigenvalue weighted by molar-refractivity contribution is -0.139. The third-order valence-corrected chi connectivity index (χ3v) is 8.39. The van der Waals surface area contributed by atoms with Gasteiger partial charge in [0, 0.05) is 12.6 Å². The quantitative estimate of drug-likeness (QED) is 0.362. The van der Waals surface area contributed by atoms with Crippen molar-refractivity contribution in [2.75, 3.05) is 18.0 Å². The fourth-order valence-electron chi connectivity index (χ4n) is 4.35. The lowest BCUT2D eigenvalue weighted by Gasteiger charge is -2.32. The van der Waals surface area contributed by atoms with Crippen molar-refractivity contribution in [2.45, 2.75) is 65.1 Å². The molecule has 0 fully saturated rings. The number of nitrogens with zero attached hydrogens (tertiary/aromatic N) is 2. The Labute approximate surface area is 238 Å². The zero-order valence-electron chi connectivity index (χ0n) is 24.3. The van der Waals surface area contributed by atoms with E-state index in [0.29, 0.717) is 11.4 Å². The van der Waals surface area contributed by atoms with Crippen LogP contribution in [0.25, 0.3) is 0 Å². The third-order valence-electron chi connectivity index (χ3n) is 6.62. The molecule has 1 N–H and O–H groups in total. The van der Waals surface area contributed by atoms with Gasteiger partial charge in [0.15, 0.2) is 0 Å². The van der Waals surface area contributed by atoms with E-state index < -0.39 is 28.5 Å². The summed E-state index contributed by atoms with van der Waals surface area (Å²) in [6.07, 6.45) is 0. The first-order valence-corrected chi connectivity index (χ1v) is 14.7. The van der Waals surface area contributed by atoms with Gasteiger partial charge in [0.05, 0.1) is 17.7 Å². The average molecular weight is 566 g/mol. The minimum absolute atomic E-state index is 0.0816. The van der Waals surface area contributed by atoms with Crippen LogP contribution < -0.4 is 14.4 Å². The topological polar surface area (TPSA) is 96.0 Å². The Morgan fingerprint density at radius 2 is 1.48 bits per heavy atom. The van der Waals surface area contributed by atoms with E-state index in [0.717, 1.165) is 26.6 Å². The van der Waals surface area contributed by atoms with Crippen molar-refractivity contribution in [3.63, 3.8) is 0 Å². The summed E-state index contributed by atoms with van der Waals surface area (Å²) in [6, 6.07) is 18.2. The van der Waals surface area contributed by atoms with Crippen LogP contribution in [0, 0.1) is 20.8 Å². The van der Waals surface area contributed by atoms with Crippen molar-refractivity contribution in [3.8, 4) is 5.75 Å². The molecule has 0 saturated heterocycles. The van der Waals surface area contributed by atoms with Crippen molar-refractivity contribution in [1.82, 2.24) is 10.2 Å². The highest BCUT2D eigenvalue weighted by molar-refractivity contribution is 7.92. The maximum Gasteiger partial charge on any atom is 0.264 e. The first-order valence-electron chi connectivity index (χ1n) is 13.2. The fourth-order valence-corrected chi connectivity index (χ4v) is 5.83. The van der Waals surface area contributed by atoms with Gasteiger partial charge in [0.25, 0.3) is 10.0 Å². The molecule has 0 aliphatic heterocycles. The molecule has 0 unspecified atom stereocenters. The molecule has 0 spiro atoms. The Morgan fingerprint density at radius 3 is 2.02 bits per heavy atom. The zero-order valence-corrected chi connectivity index (χ0v) is 25.1. The van der Waals surface area contributed by atoms with E-state index in [-0.39, 0.29) is 23.4 Å². The zero-order chi connectivity index (χ0) is 29.6. The summed E-state index contributed by atoms with van der Waals surface area (Å²) in [7, 11) is -2.54. The van der Waals surface area contributed by atoms with Crippen LogP contribution in [0.15, 0.2) is 71.6 Å². The Hall–Kier alpha value is -3.85. The fraction of sp³-hybridized carbons (Fsp3) is 0.355. The molecule has 1 atom stereocenters. The van der Waals surface area contributed by atoms with Gasteiger partial charge in [-0.3, -0.25) is 13.9 Å². The normalized spacial score (nSPS) is 12.1. The molecule has 0 bridgehead atoms. The number of benzene rings is 3. The summed E-state index contributed by atoms with van der Waals surface area (Å²) >= 11 is 0. The number of amides is 2. The molecule has 214 valence electrons. The molecular weight excluding hydrogens is 526 g/mol. The molecule has 3 aromatic rings. The average Bonchev–Trinajstić information content (AvgIpc) is 2.90. The van der Waals surface area contributed by atoms with Crippen LogP contribution in [0.1, 0.15) is 43.0 Å². The number of anilines is 1. The van der Waals surface area contributed by atoms with Gasteiger partial charge in [-0.15, -0.1) is 0 Å². The summed E-state index contributed by atoms with van der Waals surface area (Å²) in [5.41, 5.74) is 3.79. The molecule has 0 heterocycles. The van der Waals surface area contributed by atoms with Gasteiger partial charge in [-0.1, -0.05) is 47.5 Å². The van der Waals surface area contributed by atoms with Crippen LogP contribution in [0.2, 0.25) is 0 Å². The number of carbonyl (C=O) groups excluding carboxylic acids is 2. The lowest BCUT2D eigenvalue weighted by atomic mass is 10.1. The van der Waals surface area contributed by atoms with E-state index in [2.05, 4.69) is 5.32 Å².